The lowest BCUT2D eigenvalue weighted by atomic mass is 10.2. The number of allylic oxidation sites excluding steroid dienone is 2. The highest BCUT2D eigenvalue weighted by Gasteiger charge is 2.06. The number of nitrogens with one attached hydrogen (secondary N) is 1. The molecule has 62 valence electrons. The molecule has 0 aromatic carbocycles. The summed E-state index contributed by atoms with van der Waals surface area (Å²) in [5.74, 6) is 0.598. The van der Waals surface area contributed by atoms with Crippen molar-refractivity contribution >= 4 is 12.2 Å². The first-order valence-corrected chi connectivity index (χ1v) is 3.85. The molecule has 0 radical (unpaired) electrons. The molecule has 0 fully saturated rings. The molecule has 1 aliphatic rings. The Hall–Kier alpha value is -1.51. The van der Waals surface area contributed by atoms with Gasteiger partial charge in [0.1, 0.15) is 0 Å². The number of fused-ring (bicyclic) bond motifs is 1. The third-order valence-corrected chi connectivity index (χ3v) is 1.82. The van der Waals surface area contributed by atoms with Gasteiger partial charge in [-0.15, -0.1) is 0 Å². The van der Waals surface area contributed by atoms with Crippen LogP contribution >= 0.6 is 0 Å². The fraction of sp³-hybridized carbons (Fsp3) is 0.222. The van der Waals surface area contributed by atoms with Crippen molar-refractivity contribution in [2.24, 2.45) is 5.92 Å². The molecule has 0 spiro atoms. The summed E-state index contributed by atoms with van der Waals surface area (Å²) < 4.78 is 4.89. The molecule has 0 bridgehead atoms. The van der Waals surface area contributed by atoms with E-state index in [-0.39, 0.29) is 0 Å². The first kappa shape index (κ1) is 7.16. The van der Waals surface area contributed by atoms with Crippen molar-refractivity contribution in [3.8, 4) is 0 Å². The molecule has 12 heavy (non-hydrogen) atoms. The van der Waals surface area contributed by atoms with Gasteiger partial charge in [-0.05, 0) is 18.1 Å². The monoisotopic (exact) mass is 163 g/mol. The maximum absolute atomic E-state index is 10.8. The summed E-state index contributed by atoms with van der Waals surface area (Å²) in [5, 5.41) is 0. The highest BCUT2D eigenvalue weighted by atomic mass is 16.4. The smallest absolute Gasteiger partial charge is 0.408 e. The fourth-order valence-corrected chi connectivity index (χ4v) is 1.15. The van der Waals surface area contributed by atoms with Crippen molar-refractivity contribution in [2.75, 3.05) is 0 Å². The van der Waals surface area contributed by atoms with Gasteiger partial charge in [0, 0.05) is 0 Å². The Morgan fingerprint density at radius 1 is 1.42 bits per heavy atom. The van der Waals surface area contributed by atoms with Crippen LogP contribution in [0.25, 0.3) is 12.2 Å². The highest BCUT2D eigenvalue weighted by molar-refractivity contribution is 5.60. The van der Waals surface area contributed by atoms with E-state index in [9.17, 15) is 4.79 Å². The minimum Gasteiger partial charge on any atom is -0.408 e. The molecular weight excluding hydrogens is 154 g/mol. The summed E-state index contributed by atoms with van der Waals surface area (Å²) in [7, 11) is 0. The van der Waals surface area contributed by atoms with Crippen LogP contribution in [-0.2, 0) is 0 Å². The van der Waals surface area contributed by atoms with Crippen molar-refractivity contribution < 1.29 is 4.42 Å². The van der Waals surface area contributed by atoms with Crippen LogP contribution in [0.15, 0.2) is 21.4 Å². The molecule has 1 atom stereocenters. The zero-order chi connectivity index (χ0) is 8.55. The normalized spacial score (nSPS) is 20.6. The van der Waals surface area contributed by atoms with E-state index in [1.807, 2.05) is 24.3 Å². The first-order chi connectivity index (χ1) is 5.75. The van der Waals surface area contributed by atoms with Crippen LogP contribution < -0.4 is 5.76 Å². The zero-order valence-electron chi connectivity index (χ0n) is 6.70. The molecule has 1 aliphatic carbocycles. The fourth-order valence-electron chi connectivity index (χ4n) is 1.15. The number of rotatable bonds is 0. The molecule has 3 nitrogen and oxygen atoms in total. The van der Waals surface area contributed by atoms with E-state index in [2.05, 4.69) is 11.9 Å². The Balaban J connectivity index is 2.56. The Morgan fingerprint density at radius 3 is 3.00 bits per heavy atom. The van der Waals surface area contributed by atoms with Gasteiger partial charge in [-0.1, -0.05) is 19.1 Å². The molecule has 1 aromatic heterocycles. The molecule has 1 heterocycles. The van der Waals surface area contributed by atoms with Gasteiger partial charge in [0.05, 0.1) is 5.69 Å². The lowest BCUT2D eigenvalue weighted by Crippen LogP contribution is -1.94. The summed E-state index contributed by atoms with van der Waals surface area (Å²) in [6, 6.07) is 0. The van der Waals surface area contributed by atoms with Crippen molar-refractivity contribution in [3.05, 3.63) is 34.2 Å². The predicted molar refractivity (Wildman–Crippen MR) is 46.6 cm³/mol. The minimum absolute atomic E-state index is 0.385. The van der Waals surface area contributed by atoms with E-state index in [0.29, 0.717) is 11.7 Å². The molecule has 0 saturated carbocycles. The summed E-state index contributed by atoms with van der Waals surface area (Å²) in [4.78, 5) is 13.4. The van der Waals surface area contributed by atoms with Crippen molar-refractivity contribution in [2.45, 2.75) is 6.92 Å². The summed E-state index contributed by atoms with van der Waals surface area (Å²) in [5.41, 5.74) is 0.751. The van der Waals surface area contributed by atoms with E-state index in [1.165, 1.54) is 0 Å². The third kappa shape index (κ3) is 1.13. The Bertz CT molecular complexity index is 360. The van der Waals surface area contributed by atoms with Gasteiger partial charge in [-0.3, -0.25) is 4.98 Å². The van der Waals surface area contributed by atoms with Crippen LogP contribution in [0.5, 0.6) is 0 Å². The summed E-state index contributed by atoms with van der Waals surface area (Å²) in [6.07, 6.45) is 7.68. The van der Waals surface area contributed by atoms with Crippen LogP contribution in [0.2, 0.25) is 0 Å². The molecule has 1 unspecified atom stereocenters. The number of aromatic nitrogens is 1. The molecule has 2 rings (SSSR count). The number of H-pyrrole nitrogens is 1. The lowest BCUT2D eigenvalue weighted by molar-refractivity contribution is 0.506. The second kappa shape index (κ2) is 2.52. The summed E-state index contributed by atoms with van der Waals surface area (Å²) >= 11 is 0. The second-order valence-electron chi connectivity index (χ2n) is 2.87. The molecule has 1 N–H and O–H groups in total. The number of aromatic amines is 1. The molecule has 0 aliphatic heterocycles. The Kier molecular flexibility index (Phi) is 1.50. The molecule has 1 aromatic rings. The second-order valence-corrected chi connectivity index (χ2v) is 2.87. The topological polar surface area (TPSA) is 46.0 Å². The van der Waals surface area contributed by atoms with Crippen LogP contribution in [0.4, 0.5) is 0 Å². The van der Waals surface area contributed by atoms with Crippen LogP contribution in [-0.4, -0.2) is 4.98 Å². The maximum Gasteiger partial charge on any atom is 0.417 e. The van der Waals surface area contributed by atoms with E-state index >= 15 is 0 Å². The largest absolute Gasteiger partial charge is 0.417 e. The van der Waals surface area contributed by atoms with Gasteiger partial charge < -0.3 is 4.42 Å². The predicted octanol–water partition coefficient (Wildman–Crippen LogP) is 1.64. The van der Waals surface area contributed by atoms with Gasteiger partial charge in [-0.2, -0.15) is 0 Å². The van der Waals surface area contributed by atoms with E-state index in [1.54, 1.807) is 0 Å². The Morgan fingerprint density at radius 2 is 2.17 bits per heavy atom. The van der Waals surface area contributed by atoms with Crippen LogP contribution in [0.3, 0.4) is 0 Å². The van der Waals surface area contributed by atoms with E-state index in [0.717, 1.165) is 5.69 Å². The quantitative estimate of drug-likeness (QED) is 0.632. The van der Waals surface area contributed by atoms with Gasteiger partial charge in [0.25, 0.3) is 0 Å². The van der Waals surface area contributed by atoms with E-state index < -0.39 is 5.76 Å². The third-order valence-electron chi connectivity index (χ3n) is 1.82. The van der Waals surface area contributed by atoms with Gasteiger partial charge in [0.15, 0.2) is 5.76 Å². The van der Waals surface area contributed by atoms with Gasteiger partial charge in [0.2, 0.25) is 0 Å². The SMILES string of the molecule is CC1C=Cc2[nH]c(=O)oc2C=C1. The molecular formula is C9H9NO2. The van der Waals surface area contributed by atoms with Crippen molar-refractivity contribution in [1.29, 1.82) is 0 Å². The van der Waals surface area contributed by atoms with Gasteiger partial charge >= 0.3 is 5.76 Å². The van der Waals surface area contributed by atoms with Crippen molar-refractivity contribution in [1.82, 2.24) is 4.98 Å². The maximum atomic E-state index is 10.8. The standard InChI is InChI=1S/C9H9NO2/c1-6-2-4-7-8(5-3-6)12-9(11)10-7/h2-6H,1H3,(H,10,11). The lowest BCUT2D eigenvalue weighted by Gasteiger charge is -1.90. The summed E-state index contributed by atoms with van der Waals surface area (Å²) in [6.45, 7) is 2.07. The first-order valence-electron chi connectivity index (χ1n) is 3.85. The number of hydrogen-bond donors (Lipinski definition) is 1. The van der Waals surface area contributed by atoms with E-state index in [4.69, 9.17) is 4.42 Å². The van der Waals surface area contributed by atoms with Gasteiger partial charge in [-0.25, -0.2) is 4.79 Å². The highest BCUT2D eigenvalue weighted by Crippen LogP contribution is 2.15. The average Bonchev–Trinajstić information content (AvgIpc) is 2.31. The number of hydrogen-bond acceptors (Lipinski definition) is 2. The van der Waals surface area contributed by atoms with Crippen LogP contribution in [0.1, 0.15) is 18.4 Å². The minimum atomic E-state index is -0.399. The van der Waals surface area contributed by atoms with Crippen LogP contribution in [0, 0.1) is 5.92 Å². The molecule has 0 amide bonds. The molecule has 0 saturated heterocycles. The Labute approximate surface area is 69.4 Å². The van der Waals surface area contributed by atoms with Crippen molar-refractivity contribution in [3.63, 3.8) is 0 Å². The zero-order valence-corrected chi connectivity index (χ0v) is 6.70. The average molecular weight is 163 g/mol. The molecule has 3 heteroatoms. The number of oxazole rings is 1.